The zero-order chi connectivity index (χ0) is 20.7. The van der Waals surface area contributed by atoms with E-state index < -0.39 is 13.1 Å². The van der Waals surface area contributed by atoms with Crippen LogP contribution >= 0.6 is 0 Å². The van der Waals surface area contributed by atoms with E-state index in [-0.39, 0.29) is 22.3 Å². The molecule has 5 atom stereocenters. The van der Waals surface area contributed by atoms with Gasteiger partial charge in [0.05, 0.1) is 18.3 Å². The van der Waals surface area contributed by atoms with E-state index in [0.29, 0.717) is 23.7 Å². The number of nitrogens with zero attached hydrogens (tertiary/aromatic N) is 1. The molecule has 3 aliphatic carbocycles. The van der Waals surface area contributed by atoms with Crippen LogP contribution < -0.4 is 10.2 Å². The lowest BCUT2D eigenvalue weighted by molar-refractivity contribution is -0.429. The second-order valence-electron chi connectivity index (χ2n) is 9.32. The number of ether oxygens (including phenoxy) is 2. The zero-order valence-electron chi connectivity index (χ0n) is 17.4. The van der Waals surface area contributed by atoms with Crippen LogP contribution in [0.1, 0.15) is 42.7 Å². The molecule has 4 aliphatic rings. The van der Waals surface area contributed by atoms with Gasteiger partial charge in [0.15, 0.2) is 11.4 Å². The van der Waals surface area contributed by atoms with E-state index in [2.05, 4.69) is 18.8 Å². The highest BCUT2D eigenvalue weighted by molar-refractivity contribution is 6.63. The molecule has 2 heterocycles. The third kappa shape index (κ3) is 1.93. The van der Waals surface area contributed by atoms with Crippen LogP contribution in [0, 0.1) is 17.3 Å². The molecule has 0 N–H and O–H groups in total. The van der Waals surface area contributed by atoms with Gasteiger partial charge in [-0.3, -0.25) is 0 Å². The highest BCUT2D eigenvalue weighted by Crippen LogP contribution is 2.87. The minimum Gasteiger partial charge on any atom is -0.487 e. The van der Waals surface area contributed by atoms with Crippen LogP contribution in [0.4, 0.5) is 0 Å². The molecule has 7 heteroatoms. The van der Waals surface area contributed by atoms with Crippen molar-refractivity contribution >= 4 is 18.6 Å². The Balaban J connectivity index is 1.36. The fourth-order valence-corrected chi connectivity index (χ4v) is 6.78. The molecule has 1 aromatic heterocycles. The Morgan fingerprint density at radius 2 is 2.03 bits per heavy atom. The molecule has 154 valence electrons. The molecule has 0 radical (unpaired) electrons. The van der Waals surface area contributed by atoms with Gasteiger partial charge in [-0.15, -0.1) is 0 Å². The first kappa shape index (κ1) is 18.4. The van der Waals surface area contributed by atoms with Gasteiger partial charge in [0.25, 0.3) is 0 Å². The van der Waals surface area contributed by atoms with Crippen LogP contribution in [-0.4, -0.2) is 36.4 Å². The summed E-state index contributed by atoms with van der Waals surface area (Å²) in [6.45, 7) is 4.82. The molecule has 1 spiro atoms. The fourth-order valence-electron chi connectivity index (χ4n) is 6.78. The number of benzene rings is 1. The van der Waals surface area contributed by atoms with E-state index in [0.717, 1.165) is 17.9 Å². The van der Waals surface area contributed by atoms with Crippen molar-refractivity contribution in [2.45, 2.75) is 44.5 Å². The number of hydrogen-bond donors (Lipinski definition) is 0. The summed E-state index contributed by atoms with van der Waals surface area (Å²) in [5, 5.41) is 0. The van der Waals surface area contributed by atoms with Crippen LogP contribution in [0.2, 0.25) is 0 Å². The number of esters is 1. The summed E-state index contributed by atoms with van der Waals surface area (Å²) in [7, 11) is 0.753. The highest BCUT2D eigenvalue weighted by atomic mass is 16.7. The SMILES string of the molecule is COC(=O)c1nccc(B2OC34CC5CC(C53C)[C@]4(C)O2)c1OCc1ccccc1. The molecular formula is C23H24BNO5. The Morgan fingerprint density at radius 1 is 1.23 bits per heavy atom. The topological polar surface area (TPSA) is 66.9 Å². The van der Waals surface area contributed by atoms with Crippen LogP contribution in [-0.2, 0) is 20.7 Å². The monoisotopic (exact) mass is 405 g/mol. The number of aromatic nitrogens is 1. The summed E-state index contributed by atoms with van der Waals surface area (Å²) < 4.78 is 24.2. The van der Waals surface area contributed by atoms with Crippen molar-refractivity contribution in [2.24, 2.45) is 17.3 Å². The average Bonchev–Trinajstić information content (AvgIpc) is 3.10. The van der Waals surface area contributed by atoms with E-state index in [9.17, 15) is 4.79 Å². The van der Waals surface area contributed by atoms with Crippen LogP contribution in [0.5, 0.6) is 5.75 Å². The van der Waals surface area contributed by atoms with E-state index >= 15 is 0 Å². The molecule has 0 amide bonds. The lowest BCUT2D eigenvalue weighted by Crippen LogP contribution is -2.92. The number of rotatable bonds is 5. The smallest absolute Gasteiger partial charge is 0.487 e. The van der Waals surface area contributed by atoms with Gasteiger partial charge >= 0.3 is 13.1 Å². The fraction of sp³-hybridized carbons (Fsp3) is 0.478. The van der Waals surface area contributed by atoms with E-state index in [1.54, 1.807) is 6.20 Å². The van der Waals surface area contributed by atoms with Gasteiger partial charge in [0.2, 0.25) is 0 Å². The largest absolute Gasteiger partial charge is 0.498 e. The summed E-state index contributed by atoms with van der Waals surface area (Å²) in [4.78, 5) is 16.6. The normalized spacial score (nSPS) is 37.2. The van der Waals surface area contributed by atoms with E-state index in [1.807, 2.05) is 36.4 Å². The first-order chi connectivity index (χ1) is 14.4. The van der Waals surface area contributed by atoms with Gasteiger partial charge in [-0.2, -0.15) is 0 Å². The minimum atomic E-state index is -0.587. The number of pyridine rings is 1. The Hall–Kier alpha value is -2.38. The Morgan fingerprint density at radius 3 is 2.70 bits per heavy atom. The van der Waals surface area contributed by atoms with Crippen molar-refractivity contribution in [3.63, 3.8) is 0 Å². The van der Waals surface area contributed by atoms with E-state index in [1.165, 1.54) is 13.5 Å². The van der Waals surface area contributed by atoms with Crippen molar-refractivity contribution < 1.29 is 23.6 Å². The molecule has 4 unspecified atom stereocenters. The summed E-state index contributed by atoms with van der Waals surface area (Å²) in [5.41, 5.74) is 1.53. The van der Waals surface area contributed by atoms with Gasteiger partial charge in [0, 0.05) is 17.1 Å². The third-order valence-electron chi connectivity index (χ3n) is 8.42. The molecule has 4 fully saturated rings. The molecule has 2 aromatic rings. The van der Waals surface area contributed by atoms with Crippen molar-refractivity contribution in [2.75, 3.05) is 7.11 Å². The molecule has 3 saturated carbocycles. The maximum atomic E-state index is 12.4. The third-order valence-corrected chi connectivity index (χ3v) is 8.42. The summed E-state index contributed by atoms with van der Waals surface area (Å²) in [6.07, 6.45) is 3.85. The predicted octanol–water partition coefficient (Wildman–Crippen LogP) is 2.75. The van der Waals surface area contributed by atoms with Crippen molar-refractivity contribution in [1.29, 1.82) is 0 Å². The average molecular weight is 405 g/mol. The Labute approximate surface area is 176 Å². The summed E-state index contributed by atoms with van der Waals surface area (Å²) >= 11 is 0. The first-order valence-corrected chi connectivity index (χ1v) is 10.5. The highest BCUT2D eigenvalue weighted by Gasteiger charge is 2.93. The molecule has 6 nitrogen and oxygen atoms in total. The zero-order valence-corrected chi connectivity index (χ0v) is 17.4. The Kier molecular flexibility index (Phi) is 3.59. The van der Waals surface area contributed by atoms with Gasteiger partial charge < -0.3 is 18.8 Å². The van der Waals surface area contributed by atoms with Crippen LogP contribution in [0.15, 0.2) is 42.6 Å². The molecule has 1 aliphatic heterocycles. The minimum absolute atomic E-state index is 0.140. The van der Waals surface area contributed by atoms with Gasteiger partial charge in [0.1, 0.15) is 6.61 Å². The number of carbonyl (C=O) groups is 1. The van der Waals surface area contributed by atoms with Crippen molar-refractivity contribution in [1.82, 2.24) is 4.98 Å². The summed E-state index contributed by atoms with van der Waals surface area (Å²) in [5.74, 6) is 1.10. The second-order valence-corrected chi connectivity index (χ2v) is 9.32. The molecule has 6 rings (SSSR count). The van der Waals surface area contributed by atoms with E-state index in [4.69, 9.17) is 18.8 Å². The molecule has 1 aromatic carbocycles. The van der Waals surface area contributed by atoms with Gasteiger partial charge in [-0.25, -0.2) is 9.78 Å². The maximum Gasteiger partial charge on any atom is 0.498 e. The molecular weight excluding hydrogens is 381 g/mol. The number of hydrogen-bond acceptors (Lipinski definition) is 6. The number of carbonyl (C=O) groups excluding carboxylic acids is 1. The lowest BCUT2D eigenvalue weighted by atomic mass is 9.21. The van der Waals surface area contributed by atoms with Crippen LogP contribution in [0.25, 0.3) is 0 Å². The lowest BCUT2D eigenvalue weighted by Gasteiger charge is -2.87. The second kappa shape index (κ2) is 5.86. The standard InChI is InChI=1S/C23H24BNO5/c1-21-15-11-17(21)22(2)23(21,12-15)30-24(29-22)16-9-10-25-18(20(26)27-3)19(16)28-13-14-7-5-4-6-8-14/h4-10,15,17H,11-13H2,1-3H3/t15?,17?,21?,22-,23?/m0/s1. The van der Waals surface area contributed by atoms with Crippen LogP contribution in [0.3, 0.4) is 0 Å². The molecule has 30 heavy (non-hydrogen) atoms. The number of methoxy groups -OCH3 is 1. The molecule has 1 saturated heterocycles. The number of fused-ring (bicyclic) bond motifs is 1. The van der Waals surface area contributed by atoms with Gasteiger partial charge in [-0.05, 0) is 43.2 Å². The Bertz CT molecular complexity index is 1050. The quantitative estimate of drug-likeness (QED) is 0.563. The molecule has 0 bridgehead atoms. The first-order valence-electron chi connectivity index (χ1n) is 10.5. The van der Waals surface area contributed by atoms with Crippen molar-refractivity contribution in [3.8, 4) is 5.75 Å². The summed E-state index contributed by atoms with van der Waals surface area (Å²) in [6, 6.07) is 11.6. The predicted molar refractivity (Wildman–Crippen MR) is 109 cm³/mol. The van der Waals surface area contributed by atoms with Gasteiger partial charge in [-0.1, -0.05) is 37.3 Å². The van der Waals surface area contributed by atoms with Crippen molar-refractivity contribution in [3.05, 3.63) is 53.9 Å². The maximum absolute atomic E-state index is 12.4.